The van der Waals surface area contributed by atoms with Crippen molar-refractivity contribution in [3.8, 4) is 5.75 Å². The van der Waals surface area contributed by atoms with Gasteiger partial charge in [0, 0.05) is 30.3 Å². The average Bonchev–Trinajstić information content (AvgIpc) is 2.65. The van der Waals surface area contributed by atoms with Crippen LogP contribution in [-0.4, -0.2) is 43.0 Å². The number of ether oxygens (including phenoxy) is 1. The summed E-state index contributed by atoms with van der Waals surface area (Å²) in [5, 5.41) is 2.85. The topological polar surface area (TPSA) is 84.7 Å². The Balaban J connectivity index is 0.00000280. The number of fused-ring (bicyclic) bond motifs is 2. The monoisotopic (exact) mass is 409 g/mol. The number of benzene rings is 1. The first-order valence-electron chi connectivity index (χ1n) is 10.00. The average molecular weight is 410 g/mol. The summed E-state index contributed by atoms with van der Waals surface area (Å²) in [7, 11) is 1.59. The molecule has 3 rings (SSSR count). The molecule has 0 radical (unpaired) electrons. The van der Waals surface area contributed by atoms with Crippen LogP contribution in [0.5, 0.6) is 5.75 Å². The molecular weight excluding hydrogens is 378 g/mol. The third-order valence-corrected chi connectivity index (χ3v) is 6.14. The van der Waals surface area contributed by atoms with E-state index in [4.69, 9.17) is 10.5 Å². The van der Waals surface area contributed by atoms with Crippen LogP contribution in [0.3, 0.4) is 0 Å². The van der Waals surface area contributed by atoms with Gasteiger partial charge in [-0.25, -0.2) is 0 Å². The van der Waals surface area contributed by atoms with E-state index in [1.807, 2.05) is 25.1 Å². The minimum atomic E-state index is -0.189. The fraction of sp³-hybridized carbons (Fsp3) is 0.619. The third kappa shape index (κ3) is 5.17. The second-order valence-corrected chi connectivity index (χ2v) is 7.83. The van der Waals surface area contributed by atoms with Gasteiger partial charge in [0.15, 0.2) is 0 Å². The number of nitrogens with one attached hydrogen (secondary N) is 1. The summed E-state index contributed by atoms with van der Waals surface area (Å²) in [4.78, 5) is 27.2. The second kappa shape index (κ2) is 10.1. The molecular formula is C21H32ClN3O3. The van der Waals surface area contributed by atoms with Crippen LogP contribution < -0.4 is 15.8 Å². The van der Waals surface area contributed by atoms with E-state index in [1.165, 1.54) is 6.42 Å². The molecule has 6 nitrogen and oxygen atoms in total. The molecule has 1 aromatic carbocycles. The molecule has 28 heavy (non-hydrogen) atoms. The molecule has 0 heterocycles. The lowest BCUT2D eigenvalue weighted by Gasteiger charge is -2.44. The number of hydrogen-bond donors (Lipinski definition) is 2. The van der Waals surface area contributed by atoms with Gasteiger partial charge in [-0.2, -0.15) is 0 Å². The summed E-state index contributed by atoms with van der Waals surface area (Å²) in [6.07, 6.45) is 5.22. The lowest BCUT2D eigenvalue weighted by molar-refractivity contribution is -0.140. The Kier molecular flexibility index (Phi) is 8.13. The van der Waals surface area contributed by atoms with Gasteiger partial charge in [-0.05, 0) is 56.6 Å². The predicted octanol–water partition coefficient (Wildman–Crippen LogP) is 3.06. The van der Waals surface area contributed by atoms with E-state index in [9.17, 15) is 9.59 Å². The number of hydrogen-bond acceptors (Lipinski definition) is 4. The van der Waals surface area contributed by atoms with Crippen LogP contribution >= 0.6 is 12.4 Å². The number of likely N-dealkylation sites (N-methyl/N-ethyl adjacent to an activating group) is 1. The van der Waals surface area contributed by atoms with Crippen molar-refractivity contribution in [3.05, 3.63) is 24.3 Å². The van der Waals surface area contributed by atoms with E-state index in [1.54, 1.807) is 18.1 Å². The number of carbonyl (C=O) groups excluding carboxylic acids is 2. The molecule has 2 aliphatic carbocycles. The van der Waals surface area contributed by atoms with Gasteiger partial charge >= 0.3 is 0 Å². The lowest BCUT2D eigenvalue weighted by Crippen LogP contribution is -2.50. The minimum Gasteiger partial charge on any atom is -0.497 e. The summed E-state index contributed by atoms with van der Waals surface area (Å²) < 4.78 is 5.18. The molecule has 2 atom stereocenters. The lowest BCUT2D eigenvalue weighted by atomic mass is 9.65. The Morgan fingerprint density at radius 3 is 2.54 bits per heavy atom. The quantitative estimate of drug-likeness (QED) is 0.756. The highest BCUT2D eigenvalue weighted by Gasteiger charge is 2.41. The van der Waals surface area contributed by atoms with Crippen molar-refractivity contribution < 1.29 is 14.3 Å². The van der Waals surface area contributed by atoms with Gasteiger partial charge in [-0.1, -0.05) is 12.5 Å². The molecule has 2 unspecified atom stereocenters. The van der Waals surface area contributed by atoms with Crippen molar-refractivity contribution >= 4 is 29.9 Å². The number of carbonyl (C=O) groups is 2. The number of methoxy groups -OCH3 is 1. The summed E-state index contributed by atoms with van der Waals surface area (Å²) in [5.74, 6) is 1.51. The van der Waals surface area contributed by atoms with Crippen LogP contribution in [0.4, 0.5) is 5.69 Å². The summed E-state index contributed by atoms with van der Waals surface area (Å²) in [5.41, 5.74) is 7.01. The number of nitrogens with two attached hydrogens (primary N) is 1. The van der Waals surface area contributed by atoms with Gasteiger partial charge in [0.05, 0.1) is 13.7 Å². The summed E-state index contributed by atoms with van der Waals surface area (Å²) in [6, 6.07) is 7.46. The number of nitrogens with zero attached hydrogens (tertiary/aromatic N) is 1. The maximum Gasteiger partial charge on any atom is 0.243 e. The van der Waals surface area contributed by atoms with Crippen molar-refractivity contribution in [2.24, 2.45) is 23.5 Å². The SMILES string of the molecule is CCN(CC(=O)Nc1cccc(OC)c1)C(=O)C1CC2CCCC(C1)C2N.Cl. The van der Waals surface area contributed by atoms with Crippen LogP contribution in [-0.2, 0) is 9.59 Å². The molecule has 2 fully saturated rings. The molecule has 3 N–H and O–H groups in total. The van der Waals surface area contributed by atoms with Gasteiger partial charge in [-0.3, -0.25) is 9.59 Å². The number of amides is 2. The summed E-state index contributed by atoms with van der Waals surface area (Å²) in [6.45, 7) is 2.53. The van der Waals surface area contributed by atoms with E-state index in [-0.39, 0.29) is 42.7 Å². The predicted molar refractivity (Wildman–Crippen MR) is 113 cm³/mol. The molecule has 156 valence electrons. The minimum absolute atomic E-state index is 0. The molecule has 2 aliphatic rings. The van der Waals surface area contributed by atoms with Crippen LogP contribution in [0, 0.1) is 17.8 Å². The zero-order chi connectivity index (χ0) is 19.4. The van der Waals surface area contributed by atoms with E-state index < -0.39 is 0 Å². The first-order valence-corrected chi connectivity index (χ1v) is 10.00. The molecule has 7 heteroatoms. The normalized spacial score (nSPS) is 26.0. The Morgan fingerprint density at radius 1 is 1.25 bits per heavy atom. The smallest absolute Gasteiger partial charge is 0.243 e. The standard InChI is InChI=1S/C21H31N3O3.ClH/c1-3-24(13-19(25)23-17-8-5-9-18(12-17)27-2)21(26)16-10-14-6-4-7-15(11-16)20(14)22;/h5,8-9,12,14-16,20H,3-4,6-7,10-11,13,22H2,1-2H3,(H,23,25);1H. The molecule has 1 aromatic rings. The Bertz CT molecular complexity index is 671. The number of anilines is 1. The van der Waals surface area contributed by atoms with Crippen LogP contribution in [0.1, 0.15) is 39.0 Å². The third-order valence-electron chi connectivity index (χ3n) is 6.14. The van der Waals surface area contributed by atoms with Gasteiger partial charge in [0.25, 0.3) is 0 Å². The van der Waals surface area contributed by atoms with Gasteiger partial charge in [0.1, 0.15) is 5.75 Å². The van der Waals surface area contributed by atoms with E-state index in [0.717, 1.165) is 25.7 Å². The highest BCUT2D eigenvalue weighted by atomic mass is 35.5. The fourth-order valence-electron chi connectivity index (χ4n) is 4.67. The van der Waals surface area contributed by atoms with E-state index in [0.29, 0.717) is 29.8 Å². The molecule has 2 bridgehead atoms. The highest BCUT2D eigenvalue weighted by molar-refractivity contribution is 5.95. The first-order chi connectivity index (χ1) is 13.0. The van der Waals surface area contributed by atoms with Crippen LogP contribution in [0.25, 0.3) is 0 Å². The van der Waals surface area contributed by atoms with Crippen molar-refractivity contribution in [3.63, 3.8) is 0 Å². The van der Waals surface area contributed by atoms with Crippen molar-refractivity contribution in [2.45, 2.75) is 45.1 Å². The zero-order valence-electron chi connectivity index (χ0n) is 16.7. The maximum atomic E-state index is 13.0. The fourth-order valence-corrected chi connectivity index (χ4v) is 4.67. The van der Waals surface area contributed by atoms with Crippen LogP contribution in [0.15, 0.2) is 24.3 Å². The van der Waals surface area contributed by atoms with Gasteiger partial charge in [-0.15, -0.1) is 12.4 Å². The molecule has 0 aromatic heterocycles. The second-order valence-electron chi connectivity index (χ2n) is 7.83. The molecule has 0 saturated heterocycles. The van der Waals surface area contributed by atoms with E-state index in [2.05, 4.69) is 5.32 Å². The molecule has 2 amide bonds. The van der Waals surface area contributed by atoms with Crippen molar-refractivity contribution in [1.29, 1.82) is 0 Å². The molecule has 0 spiro atoms. The Hall–Kier alpha value is -1.79. The Labute approximate surface area is 173 Å². The zero-order valence-corrected chi connectivity index (χ0v) is 17.5. The van der Waals surface area contributed by atoms with E-state index >= 15 is 0 Å². The van der Waals surface area contributed by atoms with Gasteiger partial charge in [0.2, 0.25) is 11.8 Å². The van der Waals surface area contributed by atoms with Gasteiger partial charge < -0.3 is 20.7 Å². The molecule has 2 saturated carbocycles. The van der Waals surface area contributed by atoms with Crippen molar-refractivity contribution in [1.82, 2.24) is 4.90 Å². The number of rotatable bonds is 6. The Morgan fingerprint density at radius 2 is 1.93 bits per heavy atom. The van der Waals surface area contributed by atoms with Crippen molar-refractivity contribution in [2.75, 3.05) is 25.5 Å². The first kappa shape index (κ1) is 22.5. The largest absolute Gasteiger partial charge is 0.497 e. The van der Waals surface area contributed by atoms with Crippen LogP contribution in [0.2, 0.25) is 0 Å². The number of halogens is 1. The maximum absolute atomic E-state index is 13.0. The highest BCUT2D eigenvalue weighted by Crippen LogP contribution is 2.42. The summed E-state index contributed by atoms with van der Waals surface area (Å²) >= 11 is 0. The molecule has 0 aliphatic heterocycles.